The highest BCUT2D eigenvalue weighted by Gasteiger charge is 2.17. The fourth-order valence-electron chi connectivity index (χ4n) is 3.54. The van der Waals surface area contributed by atoms with Crippen molar-refractivity contribution in [2.24, 2.45) is 0 Å². The summed E-state index contributed by atoms with van der Waals surface area (Å²) in [6, 6.07) is 21.9. The summed E-state index contributed by atoms with van der Waals surface area (Å²) in [4.78, 5) is 34.0. The van der Waals surface area contributed by atoms with Gasteiger partial charge in [0.15, 0.2) is 10.9 Å². The van der Waals surface area contributed by atoms with E-state index in [1.807, 2.05) is 36.4 Å². The first-order valence-corrected chi connectivity index (χ1v) is 11.0. The number of nitrogens with zero attached hydrogens (tertiary/aromatic N) is 2. The number of Topliss-reactive ketones (excluding diaryl/α,β-unsaturated/α-hetero) is 1. The van der Waals surface area contributed by atoms with Crippen LogP contribution in [-0.2, 0) is 0 Å². The van der Waals surface area contributed by atoms with Crippen LogP contribution < -0.4 is 5.56 Å². The first-order valence-electron chi connectivity index (χ1n) is 9.62. The minimum absolute atomic E-state index is 0.0347. The zero-order valence-electron chi connectivity index (χ0n) is 16.2. The zero-order chi connectivity index (χ0) is 21.4. The van der Waals surface area contributed by atoms with Gasteiger partial charge in [-0.3, -0.25) is 14.2 Å². The molecule has 3 aromatic carbocycles. The van der Waals surface area contributed by atoms with Crippen LogP contribution in [-0.4, -0.2) is 26.1 Å². The Balaban J connectivity index is 1.55. The van der Waals surface area contributed by atoms with Crippen molar-refractivity contribution in [1.82, 2.24) is 14.5 Å². The van der Waals surface area contributed by atoms with Crippen LogP contribution in [0.3, 0.4) is 0 Å². The van der Waals surface area contributed by atoms with Gasteiger partial charge in [0.05, 0.1) is 22.3 Å². The van der Waals surface area contributed by atoms with Crippen molar-refractivity contribution in [3.8, 4) is 5.69 Å². The highest BCUT2D eigenvalue weighted by Crippen LogP contribution is 2.25. The maximum absolute atomic E-state index is 13.3. The summed E-state index contributed by atoms with van der Waals surface area (Å²) in [6.45, 7) is 0. The second-order valence-corrected chi connectivity index (χ2v) is 8.37. The van der Waals surface area contributed by atoms with Crippen molar-refractivity contribution in [2.45, 2.75) is 5.16 Å². The number of aromatic nitrogens is 3. The Bertz CT molecular complexity index is 1490. The topological polar surface area (TPSA) is 67.8 Å². The van der Waals surface area contributed by atoms with Gasteiger partial charge in [-0.15, -0.1) is 0 Å². The Morgan fingerprint density at radius 2 is 1.68 bits per heavy atom. The Morgan fingerprint density at radius 1 is 0.968 bits per heavy atom. The summed E-state index contributed by atoms with van der Waals surface area (Å²) < 4.78 is 1.53. The highest BCUT2D eigenvalue weighted by molar-refractivity contribution is 7.99. The number of thioether (sulfide) groups is 1. The van der Waals surface area contributed by atoms with Crippen LogP contribution in [0.15, 0.2) is 88.9 Å². The third-order valence-electron chi connectivity index (χ3n) is 5.05. The van der Waals surface area contributed by atoms with E-state index in [4.69, 9.17) is 11.6 Å². The van der Waals surface area contributed by atoms with Crippen molar-refractivity contribution < 1.29 is 4.79 Å². The molecule has 0 amide bonds. The van der Waals surface area contributed by atoms with Gasteiger partial charge in [-0.2, -0.15) is 0 Å². The summed E-state index contributed by atoms with van der Waals surface area (Å²) in [5, 5.41) is 2.44. The molecule has 0 bridgehead atoms. The summed E-state index contributed by atoms with van der Waals surface area (Å²) in [5.74, 6) is 0.118. The molecule has 0 aliphatic carbocycles. The van der Waals surface area contributed by atoms with E-state index in [0.29, 0.717) is 32.3 Å². The number of para-hydroxylation sites is 2. The number of fused-ring (bicyclic) bond motifs is 2. The fraction of sp³-hybridized carbons (Fsp3) is 0.0417. The number of H-pyrrole nitrogens is 1. The maximum Gasteiger partial charge on any atom is 0.266 e. The fourth-order valence-corrected chi connectivity index (χ4v) is 4.56. The summed E-state index contributed by atoms with van der Waals surface area (Å²) in [7, 11) is 0. The number of nitrogens with one attached hydrogen (secondary N) is 1. The third kappa shape index (κ3) is 3.65. The number of hydrogen-bond donors (Lipinski definition) is 1. The van der Waals surface area contributed by atoms with Crippen LogP contribution in [0.25, 0.3) is 27.5 Å². The Labute approximate surface area is 186 Å². The van der Waals surface area contributed by atoms with Gasteiger partial charge >= 0.3 is 0 Å². The average Bonchev–Trinajstić information content (AvgIpc) is 3.23. The summed E-state index contributed by atoms with van der Waals surface area (Å²) in [6.07, 6.45) is 1.73. The molecule has 0 spiro atoms. The molecule has 2 aromatic heterocycles. The van der Waals surface area contributed by atoms with Crippen molar-refractivity contribution >= 4 is 51.0 Å². The number of carbonyl (C=O) groups is 1. The van der Waals surface area contributed by atoms with Crippen molar-refractivity contribution in [1.29, 1.82) is 0 Å². The molecule has 5 aromatic rings. The average molecular weight is 446 g/mol. The molecule has 0 saturated heterocycles. The smallest absolute Gasteiger partial charge is 0.266 e. The lowest BCUT2D eigenvalue weighted by atomic mass is 10.1. The van der Waals surface area contributed by atoms with E-state index < -0.39 is 0 Å². The first-order chi connectivity index (χ1) is 15.1. The van der Waals surface area contributed by atoms with Gasteiger partial charge in [0.1, 0.15) is 0 Å². The van der Waals surface area contributed by atoms with Crippen molar-refractivity contribution in [3.63, 3.8) is 0 Å². The Kier molecular flexibility index (Phi) is 5.10. The van der Waals surface area contributed by atoms with E-state index in [9.17, 15) is 9.59 Å². The Hall–Kier alpha value is -3.35. The normalized spacial score (nSPS) is 11.3. The molecule has 0 saturated carbocycles. The molecule has 31 heavy (non-hydrogen) atoms. The van der Waals surface area contributed by atoms with Crippen LogP contribution in [0.5, 0.6) is 0 Å². The van der Waals surface area contributed by atoms with Crippen molar-refractivity contribution in [3.05, 3.63) is 99.9 Å². The van der Waals surface area contributed by atoms with E-state index in [2.05, 4.69) is 9.97 Å². The molecule has 5 rings (SSSR count). The second-order valence-electron chi connectivity index (χ2n) is 6.99. The van der Waals surface area contributed by atoms with Crippen LogP contribution in [0.4, 0.5) is 0 Å². The van der Waals surface area contributed by atoms with Crippen LogP contribution in [0.1, 0.15) is 10.4 Å². The van der Waals surface area contributed by atoms with Gasteiger partial charge in [-0.1, -0.05) is 53.7 Å². The molecule has 0 unspecified atom stereocenters. The molecule has 5 nitrogen and oxygen atoms in total. The monoisotopic (exact) mass is 445 g/mol. The van der Waals surface area contributed by atoms with Crippen LogP contribution in [0.2, 0.25) is 5.02 Å². The lowest BCUT2D eigenvalue weighted by Crippen LogP contribution is -2.22. The van der Waals surface area contributed by atoms with Crippen molar-refractivity contribution in [2.75, 3.05) is 5.75 Å². The van der Waals surface area contributed by atoms with E-state index >= 15 is 0 Å². The lowest BCUT2D eigenvalue weighted by molar-refractivity contribution is 0.102. The molecule has 7 heteroatoms. The van der Waals surface area contributed by atoms with E-state index in [-0.39, 0.29) is 17.1 Å². The van der Waals surface area contributed by atoms with E-state index in [1.54, 1.807) is 42.6 Å². The predicted molar refractivity (Wildman–Crippen MR) is 126 cm³/mol. The molecule has 152 valence electrons. The number of halogens is 1. The minimum Gasteiger partial charge on any atom is -0.360 e. The number of rotatable bonds is 5. The molecule has 0 aliphatic heterocycles. The van der Waals surface area contributed by atoms with E-state index in [0.717, 1.165) is 10.9 Å². The zero-order valence-corrected chi connectivity index (χ0v) is 17.8. The number of aromatic amines is 1. The second kappa shape index (κ2) is 8.06. The molecule has 2 heterocycles. The SMILES string of the molecule is O=C(CSc1nc2ccccc2c(=O)n1-c1ccc(Cl)cc1)c1c[nH]c2ccccc12. The minimum atomic E-state index is -0.185. The molecular formula is C24H16ClN3O2S. The first kappa shape index (κ1) is 19.6. The van der Waals surface area contributed by atoms with Gasteiger partial charge in [-0.25, -0.2) is 4.98 Å². The molecule has 1 N–H and O–H groups in total. The standard InChI is InChI=1S/C24H16ClN3O2S/c25-15-9-11-16(12-10-15)28-23(30)18-6-2-4-8-21(18)27-24(28)31-14-22(29)19-13-26-20-7-3-1-5-17(19)20/h1-13,26H,14H2. The summed E-state index contributed by atoms with van der Waals surface area (Å²) >= 11 is 7.27. The molecule has 0 aliphatic rings. The number of ketones is 1. The number of hydrogen-bond acceptors (Lipinski definition) is 4. The largest absolute Gasteiger partial charge is 0.360 e. The molecule has 0 fully saturated rings. The van der Waals surface area contributed by atoms with E-state index in [1.165, 1.54) is 16.3 Å². The van der Waals surface area contributed by atoms with Gasteiger partial charge < -0.3 is 4.98 Å². The van der Waals surface area contributed by atoms with Gasteiger partial charge in [-0.05, 0) is 42.5 Å². The quantitative estimate of drug-likeness (QED) is 0.220. The Morgan fingerprint density at radius 3 is 2.48 bits per heavy atom. The highest BCUT2D eigenvalue weighted by atomic mass is 35.5. The summed E-state index contributed by atoms with van der Waals surface area (Å²) in [5.41, 5.74) is 2.60. The predicted octanol–water partition coefficient (Wildman–Crippen LogP) is 5.50. The molecule has 0 atom stereocenters. The van der Waals surface area contributed by atoms with Crippen LogP contribution >= 0.6 is 23.4 Å². The lowest BCUT2D eigenvalue weighted by Gasteiger charge is -2.13. The number of carbonyl (C=O) groups excluding carboxylic acids is 1. The van der Waals surface area contributed by atoms with Gasteiger partial charge in [0.25, 0.3) is 5.56 Å². The molecule has 0 radical (unpaired) electrons. The number of benzene rings is 3. The maximum atomic E-state index is 13.3. The van der Waals surface area contributed by atoms with Crippen LogP contribution in [0, 0.1) is 0 Å². The molecular weight excluding hydrogens is 430 g/mol. The van der Waals surface area contributed by atoms with Gasteiger partial charge in [0, 0.05) is 27.7 Å². The third-order valence-corrected chi connectivity index (χ3v) is 6.24. The van der Waals surface area contributed by atoms with Gasteiger partial charge in [0.2, 0.25) is 0 Å².